The Morgan fingerprint density at radius 1 is 1.47 bits per heavy atom. The Morgan fingerprint density at radius 3 is 2.68 bits per heavy atom. The van der Waals surface area contributed by atoms with Gasteiger partial charge in [-0.25, -0.2) is 9.59 Å². The standard InChI is InChI=1S/C12H23N3O4/c1-8-7-9(3-5-15(8)2)13-12(19)14-10(4-6-16)11(17)18/h8-10,16H,3-7H2,1-2H3,(H,17,18)(H2,13,14,19)/t8?,9?,10-/m1/s1. The van der Waals surface area contributed by atoms with Crippen molar-refractivity contribution in [1.82, 2.24) is 15.5 Å². The molecule has 1 rings (SSSR count). The van der Waals surface area contributed by atoms with Gasteiger partial charge >= 0.3 is 12.0 Å². The van der Waals surface area contributed by atoms with E-state index in [0.29, 0.717) is 6.04 Å². The number of likely N-dealkylation sites (tertiary alicyclic amines) is 1. The number of rotatable bonds is 5. The second-order valence-corrected chi connectivity index (χ2v) is 5.07. The van der Waals surface area contributed by atoms with E-state index in [1.54, 1.807) is 0 Å². The number of carbonyl (C=O) groups excluding carboxylic acids is 1. The molecule has 3 atom stereocenters. The zero-order chi connectivity index (χ0) is 14.4. The summed E-state index contributed by atoms with van der Waals surface area (Å²) in [6.07, 6.45) is 1.71. The van der Waals surface area contributed by atoms with Crippen LogP contribution in [0.15, 0.2) is 0 Å². The summed E-state index contributed by atoms with van der Waals surface area (Å²) >= 11 is 0. The van der Waals surface area contributed by atoms with Gasteiger partial charge in [-0.1, -0.05) is 0 Å². The molecule has 1 aliphatic rings. The number of nitrogens with one attached hydrogen (secondary N) is 2. The summed E-state index contributed by atoms with van der Waals surface area (Å²) in [5, 5.41) is 22.8. The molecule has 2 unspecified atom stereocenters. The maximum atomic E-state index is 11.7. The quantitative estimate of drug-likeness (QED) is 0.546. The Kier molecular flexibility index (Phi) is 6.04. The highest BCUT2D eigenvalue weighted by molar-refractivity contribution is 5.82. The van der Waals surface area contributed by atoms with Gasteiger partial charge in [-0.15, -0.1) is 0 Å². The molecule has 19 heavy (non-hydrogen) atoms. The van der Waals surface area contributed by atoms with Crippen LogP contribution in [0.4, 0.5) is 4.79 Å². The summed E-state index contributed by atoms with van der Waals surface area (Å²) in [7, 11) is 2.04. The first kappa shape index (κ1) is 15.7. The molecule has 1 saturated heterocycles. The molecule has 0 aromatic carbocycles. The van der Waals surface area contributed by atoms with Crippen molar-refractivity contribution in [3.05, 3.63) is 0 Å². The van der Waals surface area contributed by atoms with E-state index in [9.17, 15) is 9.59 Å². The molecule has 1 aliphatic heterocycles. The summed E-state index contributed by atoms with van der Waals surface area (Å²) in [4.78, 5) is 24.8. The van der Waals surface area contributed by atoms with Gasteiger partial charge in [-0.2, -0.15) is 0 Å². The third-order valence-electron chi connectivity index (χ3n) is 3.56. The van der Waals surface area contributed by atoms with Crippen LogP contribution in [0.3, 0.4) is 0 Å². The number of hydrogen-bond acceptors (Lipinski definition) is 4. The van der Waals surface area contributed by atoms with Crippen molar-refractivity contribution < 1.29 is 19.8 Å². The monoisotopic (exact) mass is 273 g/mol. The molecule has 2 amide bonds. The van der Waals surface area contributed by atoms with Gasteiger partial charge in [0.05, 0.1) is 0 Å². The minimum atomic E-state index is -1.14. The molecule has 0 saturated carbocycles. The van der Waals surface area contributed by atoms with E-state index < -0.39 is 18.0 Å². The van der Waals surface area contributed by atoms with Gasteiger partial charge in [0.2, 0.25) is 0 Å². The smallest absolute Gasteiger partial charge is 0.326 e. The lowest BCUT2D eigenvalue weighted by atomic mass is 9.99. The van der Waals surface area contributed by atoms with Crippen molar-refractivity contribution in [1.29, 1.82) is 0 Å². The highest BCUT2D eigenvalue weighted by atomic mass is 16.4. The highest BCUT2D eigenvalue weighted by Gasteiger charge is 2.25. The van der Waals surface area contributed by atoms with Crippen LogP contribution in [0.1, 0.15) is 26.2 Å². The Balaban J connectivity index is 2.40. The molecule has 1 fully saturated rings. The van der Waals surface area contributed by atoms with Crippen LogP contribution < -0.4 is 10.6 Å². The van der Waals surface area contributed by atoms with Gasteiger partial charge in [-0.3, -0.25) is 0 Å². The minimum absolute atomic E-state index is 0.00651. The molecule has 7 nitrogen and oxygen atoms in total. The summed E-state index contributed by atoms with van der Waals surface area (Å²) in [5.41, 5.74) is 0. The molecule has 7 heteroatoms. The second-order valence-electron chi connectivity index (χ2n) is 5.07. The number of nitrogens with zero attached hydrogens (tertiary/aromatic N) is 1. The first-order chi connectivity index (χ1) is 8.93. The summed E-state index contributed by atoms with van der Waals surface area (Å²) < 4.78 is 0. The fraction of sp³-hybridized carbons (Fsp3) is 0.833. The van der Waals surface area contributed by atoms with E-state index in [1.807, 2.05) is 7.05 Å². The number of aliphatic carboxylic acids is 1. The Morgan fingerprint density at radius 2 is 2.16 bits per heavy atom. The van der Waals surface area contributed by atoms with E-state index in [0.717, 1.165) is 19.4 Å². The van der Waals surface area contributed by atoms with Gasteiger partial charge in [0, 0.05) is 31.7 Å². The topological polar surface area (TPSA) is 102 Å². The molecule has 0 bridgehead atoms. The lowest BCUT2D eigenvalue weighted by molar-refractivity contribution is -0.139. The van der Waals surface area contributed by atoms with Crippen molar-refractivity contribution in [2.45, 2.75) is 44.3 Å². The largest absolute Gasteiger partial charge is 0.480 e. The number of piperidine rings is 1. The van der Waals surface area contributed by atoms with E-state index in [1.165, 1.54) is 0 Å². The van der Waals surface area contributed by atoms with Crippen LogP contribution in [0.2, 0.25) is 0 Å². The third kappa shape index (κ3) is 5.04. The van der Waals surface area contributed by atoms with Crippen LogP contribution in [0.5, 0.6) is 0 Å². The zero-order valence-corrected chi connectivity index (χ0v) is 11.4. The first-order valence-corrected chi connectivity index (χ1v) is 6.55. The minimum Gasteiger partial charge on any atom is -0.480 e. The molecule has 4 N–H and O–H groups in total. The molecule has 1 heterocycles. The predicted molar refractivity (Wildman–Crippen MR) is 69.9 cm³/mol. The molecule has 0 spiro atoms. The van der Waals surface area contributed by atoms with Crippen LogP contribution >= 0.6 is 0 Å². The van der Waals surface area contributed by atoms with E-state index in [2.05, 4.69) is 22.5 Å². The Hall–Kier alpha value is -1.34. The third-order valence-corrected chi connectivity index (χ3v) is 3.56. The van der Waals surface area contributed by atoms with Crippen molar-refractivity contribution >= 4 is 12.0 Å². The maximum absolute atomic E-state index is 11.7. The van der Waals surface area contributed by atoms with Crippen LogP contribution in [-0.4, -0.2) is 65.4 Å². The van der Waals surface area contributed by atoms with Crippen molar-refractivity contribution in [3.63, 3.8) is 0 Å². The SMILES string of the molecule is CC1CC(NC(=O)N[C@H](CCO)C(=O)O)CCN1C. The summed E-state index contributed by atoms with van der Waals surface area (Å²) in [6.45, 7) is 2.73. The number of carboxylic acid groups (broad SMARTS) is 1. The van der Waals surface area contributed by atoms with Gasteiger partial charge in [0.15, 0.2) is 0 Å². The lowest BCUT2D eigenvalue weighted by Gasteiger charge is -2.35. The second kappa shape index (κ2) is 7.30. The molecule has 0 aromatic heterocycles. The number of aliphatic hydroxyl groups excluding tert-OH is 1. The average molecular weight is 273 g/mol. The van der Waals surface area contributed by atoms with Gasteiger partial charge in [-0.05, 0) is 26.8 Å². The zero-order valence-electron chi connectivity index (χ0n) is 11.4. The van der Waals surface area contributed by atoms with Crippen molar-refractivity contribution in [2.24, 2.45) is 0 Å². The fourth-order valence-electron chi connectivity index (χ4n) is 2.19. The van der Waals surface area contributed by atoms with Crippen LogP contribution in [0.25, 0.3) is 0 Å². The van der Waals surface area contributed by atoms with Crippen molar-refractivity contribution in [3.8, 4) is 0 Å². The molecule has 0 aromatic rings. The molecular weight excluding hydrogens is 250 g/mol. The normalized spacial score (nSPS) is 25.6. The molecule has 0 radical (unpaired) electrons. The fourth-order valence-corrected chi connectivity index (χ4v) is 2.19. The number of urea groups is 1. The summed E-state index contributed by atoms with van der Waals surface area (Å²) in [6, 6.07) is -1.07. The number of amides is 2. The number of carboxylic acids is 1. The van der Waals surface area contributed by atoms with E-state index in [-0.39, 0.29) is 19.1 Å². The van der Waals surface area contributed by atoms with Gasteiger partial charge < -0.3 is 25.7 Å². The molecule has 110 valence electrons. The van der Waals surface area contributed by atoms with Crippen LogP contribution in [-0.2, 0) is 4.79 Å². The number of hydrogen-bond donors (Lipinski definition) is 4. The first-order valence-electron chi connectivity index (χ1n) is 6.55. The summed E-state index contributed by atoms with van der Waals surface area (Å²) in [5.74, 6) is -1.14. The Bertz CT molecular complexity index is 324. The molecular formula is C12H23N3O4. The van der Waals surface area contributed by atoms with Gasteiger partial charge in [0.25, 0.3) is 0 Å². The Labute approximate surface area is 113 Å². The lowest BCUT2D eigenvalue weighted by Crippen LogP contribution is -2.53. The predicted octanol–water partition coefficient (Wildman–Crippen LogP) is -0.396. The van der Waals surface area contributed by atoms with E-state index >= 15 is 0 Å². The molecule has 0 aliphatic carbocycles. The highest BCUT2D eigenvalue weighted by Crippen LogP contribution is 2.15. The average Bonchev–Trinajstić information content (AvgIpc) is 2.33. The van der Waals surface area contributed by atoms with E-state index in [4.69, 9.17) is 10.2 Å². The van der Waals surface area contributed by atoms with Crippen LogP contribution in [0, 0.1) is 0 Å². The number of aliphatic hydroxyl groups is 1. The van der Waals surface area contributed by atoms with Crippen molar-refractivity contribution in [2.75, 3.05) is 20.2 Å². The van der Waals surface area contributed by atoms with Gasteiger partial charge in [0.1, 0.15) is 6.04 Å². The number of carbonyl (C=O) groups is 2. The maximum Gasteiger partial charge on any atom is 0.326 e.